The Morgan fingerprint density at radius 3 is 2.44 bits per heavy atom. The number of ether oxygens (including phenoxy) is 2. The molecule has 0 saturated heterocycles. The van der Waals surface area contributed by atoms with Crippen molar-refractivity contribution in [2.24, 2.45) is 5.73 Å². The molecular formula is C29H33N3O4. The Labute approximate surface area is 212 Å². The van der Waals surface area contributed by atoms with Crippen molar-refractivity contribution in [3.63, 3.8) is 0 Å². The molecule has 0 fully saturated rings. The average Bonchev–Trinajstić information content (AvgIpc) is 3.04. The molecule has 0 saturated carbocycles. The van der Waals surface area contributed by atoms with E-state index in [4.69, 9.17) is 15.2 Å². The minimum atomic E-state index is -0.529. The summed E-state index contributed by atoms with van der Waals surface area (Å²) in [5.41, 5.74) is 11.5. The van der Waals surface area contributed by atoms with Crippen molar-refractivity contribution in [2.45, 2.75) is 52.7 Å². The van der Waals surface area contributed by atoms with Crippen LogP contribution in [0.5, 0.6) is 5.75 Å². The van der Waals surface area contributed by atoms with Crippen LogP contribution in [0.2, 0.25) is 0 Å². The molecule has 0 bridgehead atoms. The van der Waals surface area contributed by atoms with E-state index in [1.165, 1.54) is 5.56 Å². The number of primary amides is 1. The number of carbonyl (C=O) groups excluding carboxylic acids is 2. The lowest BCUT2D eigenvalue weighted by atomic mass is 9.95. The van der Waals surface area contributed by atoms with E-state index in [1.54, 1.807) is 29.3 Å². The monoisotopic (exact) mass is 487 g/mol. The Bertz CT molecular complexity index is 1280. The molecule has 2 heterocycles. The average molecular weight is 488 g/mol. The summed E-state index contributed by atoms with van der Waals surface area (Å²) in [6.07, 6.45) is 2.93. The third kappa shape index (κ3) is 6.22. The second kappa shape index (κ2) is 10.4. The fourth-order valence-corrected chi connectivity index (χ4v) is 4.27. The highest BCUT2D eigenvalue weighted by Crippen LogP contribution is 2.34. The number of hydrogen-bond acceptors (Lipinski definition) is 5. The number of benzene rings is 2. The maximum atomic E-state index is 12.6. The zero-order valence-electron chi connectivity index (χ0n) is 21.3. The number of pyridine rings is 1. The van der Waals surface area contributed by atoms with Gasteiger partial charge >= 0.3 is 6.09 Å². The molecule has 1 aliphatic heterocycles. The van der Waals surface area contributed by atoms with Crippen molar-refractivity contribution in [1.29, 1.82) is 0 Å². The summed E-state index contributed by atoms with van der Waals surface area (Å²) in [5.74, 6) is 0.151. The van der Waals surface area contributed by atoms with E-state index >= 15 is 0 Å². The van der Waals surface area contributed by atoms with Gasteiger partial charge < -0.3 is 20.1 Å². The van der Waals surface area contributed by atoms with Gasteiger partial charge in [0.1, 0.15) is 18.0 Å². The first-order valence-corrected chi connectivity index (χ1v) is 12.2. The van der Waals surface area contributed by atoms with Crippen molar-refractivity contribution in [3.8, 4) is 16.9 Å². The number of aromatic nitrogens is 1. The summed E-state index contributed by atoms with van der Waals surface area (Å²) in [5, 5.41) is 0. The zero-order chi connectivity index (χ0) is 25.9. The molecule has 2 aromatic carbocycles. The van der Waals surface area contributed by atoms with Gasteiger partial charge in [0.2, 0.25) is 5.91 Å². The molecule has 188 valence electrons. The van der Waals surface area contributed by atoms with Crippen LogP contribution in [0.3, 0.4) is 0 Å². The second-order valence-corrected chi connectivity index (χ2v) is 10.1. The lowest BCUT2D eigenvalue weighted by molar-refractivity contribution is 0.0258. The molecular weight excluding hydrogens is 454 g/mol. The van der Waals surface area contributed by atoms with Gasteiger partial charge in [-0.2, -0.15) is 0 Å². The number of rotatable bonds is 5. The largest absolute Gasteiger partial charge is 0.487 e. The van der Waals surface area contributed by atoms with Gasteiger partial charge in [0.15, 0.2) is 0 Å². The molecule has 36 heavy (non-hydrogen) atoms. The molecule has 0 atom stereocenters. The molecule has 4 rings (SSSR count). The molecule has 2 N–H and O–H groups in total. The SMILES string of the molecule is Cc1ccnc(COc2ccc(C(N)=O)cc2-c2ccc3c(c2)CCN(C(=O)OC(C)(C)C)CC3)c1. The molecule has 7 heteroatoms. The first-order chi connectivity index (χ1) is 17.1. The third-order valence-corrected chi connectivity index (χ3v) is 6.08. The Hall–Kier alpha value is -3.87. The number of aryl methyl sites for hydroxylation is 1. The summed E-state index contributed by atoms with van der Waals surface area (Å²) in [4.78, 5) is 30.7. The first-order valence-electron chi connectivity index (χ1n) is 12.2. The Kier molecular flexibility index (Phi) is 7.29. The van der Waals surface area contributed by atoms with E-state index in [1.807, 2.05) is 45.9 Å². The van der Waals surface area contributed by atoms with Crippen LogP contribution < -0.4 is 10.5 Å². The predicted molar refractivity (Wildman–Crippen MR) is 139 cm³/mol. The highest BCUT2D eigenvalue weighted by atomic mass is 16.6. The van der Waals surface area contributed by atoms with Gasteiger partial charge in [-0.15, -0.1) is 0 Å². The van der Waals surface area contributed by atoms with E-state index < -0.39 is 11.5 Å². The molecule has 2 amide bonds. The molecule has 0 unspecified atom stereocenters. The lowest BCUT2D eigenvalue weighted by Gasteiger charge is -2.26. The van der Waals surface area contributed by atoms with Crippen LogP contribution in [-0.2, 0) is 24.2 Å². The summed E-state index contributed by atoms with van der Waals surface area (Å²) in [6.45, 7) is 9.12. The molecule has 3 aromatic rings. The summed E-state index contributed by atoms with van der Waals surface area (Å²) < 4.78 is 11.7. The van der Waals surface area contributed by atoms with Crippen LogP contribution in [-0.4, -0.2) is 40.6 Å². The lowest BCUT2D eigenvalue weighted by Crippen LogP contribution is -2.38. The fourth-order valence-electron chi connectivity index (χ4n) is 4.27. The summed E-state index contributed by atoms with van der Waals surface area (Å²) in [7, 11) is 0. The minimum Gasteiger partial charge on any atom is -0.487 e. The maximum Gasteiger partial charge on any atom is 0.410 e. The molecule has 0 aliphatic carbocycles. The van der Waals surface area contributed by atoms with E-state index in [2.05, 4.69) is 17.1 Å². The van der Waals surface area contributed by atoms with Crippen LogP contribution in [0.15, 0.2) is 54.7 Å². The minimum absolute atomic E-state index is 0.287. The number of fused-ring (bicyclic) bond motifs is 1. The van der Waals surface area contributed by atoms with E-state index in [-0.39, 0.29) is 6.09 Å². The van der Waals surface area contributed by atoms with Gasteiger partial charge in [-0.25, -0.2) is 4.79 Å². The highest BCUT2D eigenvalue weighted by molar-refractivity contribution is 5.95. The highest BCUT2D eigenvalue weighted by Gasteiger charge is 2.24. The molecule has 7 nitrogen and oxygen atoms in total. The Morgan fingerprint density at radius 1 is 1.00 bits per heavy atom. The molecule has 1 aliphatic rings. The summed E-state index contributed by atoms with van der Waals surface area (Å²) >= 11 is 0. The second-order valence-electron chi connectivity index (χ2n) is 10.1. The van der Waals surface area contributed by atoms with Crippen LogP contribution in [0.1, 0.15) is 53.5 Å². The van der Waals surface area contributed by atoms with Crippen molar-refractivity contribution >= 4 is 12.0 Å². The topological polar surface area (TPSA) is 94.8 Å². The van der Waals surface area contributed by atoms with Gasteiger partial charge in [0.05, 0.1) is 5.69 Å². The predicted octanol–water partition coefficient (Wildman–Crippen LogP) is 5.07. The van der Waals surface area contributed by atoms with Gasteiger partial charge in [-0.1, -0.05) is 18.2 Å². The van der Waals surface area contributed by atoms with Gasteiger partial charge in [-0.05, 0) is 93.1 Å². The van der Waals surface area contributed by atoms with Gasteiger partial charge in [0, 0.05) is 30.4 Å². The van der Waals surface area contributed by atoms with Crippen LogP contribution in [0, 0.1) is 6.92 Å². The normalized spacial score (nSPS) is 13.5. The maximum absolute atomic E-state index is 12.6. The fraction of sp³-hybridized carbons (Fsp3) is 0.345. The van der Waals surface area contributed by atoms with Crippen LogP contribution in [0.25, 0.3) is 11.1 Å². The Balaban J connectivity index is 1.60. The number of carbonyl (C=O) groups is 2. The number of hydrogen-bond donors (Lipinski definition) is 1. The third-order valence-electron chi connectivity index (χ3n) is 6.08. The quantitative estimate of drug-likeness (QED) is 0.542. The number of amides is 2. The molecule has 0 spiro atoms. The van der Waals surface area contributed by atoms with E-state index in [0.29, 0.717) is 37.4 Å². The van der Waals surface area contributed by atoms with Crippen molar-refractivity contribution in [3.05, 3.63) is 82.7 Å². The van der Waals surface area contributed by atoms with Crippen molar-refractivity contribution in [1.82, 2.24) is 9.88 Å². The molecule has 0 radical (unpaired) electrons. The van der Waals surface area contributed by atoms with E-state index in [0.717, 1.165) is 34.4 Å². The van der Waals surface area contributed by atoms with E-state index in [9.17, 15) is 9.59 Å². The van der Waals surface area contributed by atoms with Crippen LogP contribution in [0.4, 0.5) is 4.79 Å². The van der Waals surface area contributed by atoms with Crippen molar-refractivity contribution in [2.75, 3.05) is 13.1 Å². The standard InChI is InChI=1S/C29H33N3O4/c1-19-9-12-31-24(15-19)18-35-26-8-7-23(27(30)33)17-25(26)22-6-5-20-10-13-32(14-11-21(20)16-22)28(34)36-29(2,3)4/h5-9,12,15-17H,10-11,13-14,18H2,1-4H3,(H2,30,33). The van der Waals surface area contributed by atoms with Gasteiger partial charge in [-0.3, -0.25) is 9.78 Å². The summed E-state index contributed by atoms with van der Waals surface area (Å²) in [6, 6.07) is 15.4. The van der Waals surface area contributed by atoms with Gasteiger partial charge in [0.25, 0.3) is 0 Å². The molecule has 1 aromatic heterocycles. The number of nitrogens with zero attached hydrogens (tertiary/aromatic N) is 2. The van der Waals surface area contributed by atoms with Crippen LogP contribution >= 0.6 is 0 Å². The first kappa shape index (κ1) is 25.2. The Morgan fingerprint density at radius 2 is 1.75 bits per heavy atom. The van der Waals surface area contributed by atoms with Crippen molar-refractivity contribution < 1.29 is 19.1 Å². The number of nitrogens with two attached hydrogens (primary N) is 1. The zero-order valence-corrected chi connectivity index (χ0v) is 21.3. The smallest absolute Gasteiger partial charge is 0.410 e.